The molecule has 1 fully saturated rings. The summed E-state index contributed by atoms with van der Waals surface area (Å²) in [6.07, 6.45) is 4.12. The summed E-state index contributed by atoms with van der Waals surface area (Å²) < 4.78 is 11.6. The third-order valence-corrected chi connectivity index (χ3v) is 6.66. The van der Waals surface area contributed by atoms with E-state index >= 15 is 0 Å². The number of para-hydroxylation sites is 1. The van der Waals surface area contributed by atoms with Crippen molar-refractivity contribution in [2.24, 2.45) is 5.92 Å². The molecule has 1 saturated heterocycles. The normalized spacial score (nSPS) is 17.1. The van der Waals surface area contributed by atoms with E-state index in [1.165, 1.54) is 0 Å². The maximum absolute atomic E-state index is 13.1. The predicted octanol–water partition coefficient (Wildman–Crippen LogP) is 7.33. The summed E-state index contributed by atoms with van der Waals surface area (Å²) in [6.45, 7) is 8.81. The van der Waals surface area contributed by atoms with Crippen LogP contribution < -0.4 is 14.8 Å². The molecule has 2 aromatic carbocycles. The highest BCUT2D eigenvalue weighted by atomic mass is 35.5. The van der Waals surface area contributed by atoms with Crippen LogP contribution >= 0.6 is 11.6 Å². The van der Waals surface area contributed by atoms with E-state index in [0.29, 0.717) is 40.3 Å². The average Bonchev–Trinajstić information content (AvgIpc) is 2.78. The second-order valence-corrected chi connectivity index (χ2v) is 11.0. The predicted molar refractivity (Wildman–Crippen MR) is 141 cm³/mol. The van der Waals surface area contributed by atoms with Crippen LogP contribution in [0.15, 0.2) is 60.8 Å². The number of ether oxygens (including phenoxy) is 2. The first-order valence-corrected chi connectivity index (χ1v) is 12.3. The molecule has 0 radical (unpaired) electrons. The van der Waals surface area contributed by atoms with E-state index in [9.17, 15) is 4.79 Å². The number of nitrogens with zero attached hydrogens (tertiary/aromatic N) is 1. The van der Waals surface area contributed by atoms with Crippen LogP contribution in [0.2, 0.25) is 5.02 Å². The summed E-state index contributed by atoms with van der Waals surface area (Å²) in [5, 5.41) is 4.08. The van der Waals surface area contributed by atoms with Crippen molar-refractivity contribution in [3.63, 3.8) is 0 Å². The summed E-state index contributed by atoms with van der Waals surface area (Å²) in [4.78, 5) is 17.4. The van der Waals surface area contributed by atoms with Gasteiger partial charge in [-0.1, -0.05) is 29.8 Å². The lowest BCUT2D eigenvalue weighted by Crippen LogP contribution is -2.57. The average molecular weight is 493 g/mol. The van der Waals surface area contributed by atoms with E-state index < -0.39 is 0 Å². The maximum Gasteiger partial charge on any atom is 0.221 e. The number of benzene rings is 2. The van der Waals surface area contributed by atoms with Crippen LogP contribution in [0, 0.1) is 5.92 Å². The number of halogens is 1. The van der Waals surface area contributed by atoms with Crippen molar-refractivity contribution in [1.29, 1.82) is 0 Å². The number of ketones is 1. The van der Waals surface area contributed by atoms with Crippen molar-refractivity contribution in [2.45, 2.75) is 58.0 Å². The first kappa shape index (κ1) is 25.2. The summed E-state index contributed by atoms with van der Waals surface area (Å²) in [5.41, 5.74) is 2.28. The first-order valence-electron chi connectivity index (χ1n) is 12.0. The van der Waals surface area contributed by atoms with Crippen molar-refractivity contribution in [2.75, 3.05) is 7.11 Å². The van der Waals surface area contributed by atoms with Gasteiger partial charge in [-0.15, -0.1) is 0 Å². The minimum Gasteiger partial charge on any atom is -0.481 e. The summed E-state index contributed by atoms with van der Waals surface area (Å²) >= 11 is 6.59. The van der Waals surface area contributed by atoms with Gasteiger partial charge in [-0.3, -0.25) is 4.79 Å². The Morgan fingerprint density at radius 2 is 1.69 bits per heavy atom. The van der Waals surface area contributed by atoms with Gasteiger partial charge in [-0.25, -0.2) is 4.98 Å². The molecule has 0 bridgehead atoms. The van der Waals surface area contributed by atoms with E-state index in [2.05, 4.69) is 38.0 Å². The Hall–Kier alpha value is -2.89. The van der Waals surface area contributed by atoms with Crippen molar-refractivity contribution in [3.05, 3.63) is 71.4 Å². The van der Waals surface area contributed by atoms with Crippen LogP contribution in [0.1, 0.15) is 57.3 Å². The molecular weight excluding hydrogens is 460 g/mol. The molecule has 0 amide bonds. The van der Waals surface area contributed by atoms with Crippen molar-refractivity contribution >= 4 is 17.4 Å². The van der Waals surface area contributed by atoms with E-state index in [1.807, 2.05) is 36.4 Å². The third kappa shape index (κ3) is 6.03. The fraction of sp³-hybridized carbons (Fsp3) is 0.379. The molecule has 3 aromatic rings. The van der Waals surface area contributed by atoms with Crippen LogP contribution in [0.5, 0.6) is 17.4 Å². The van der Waals surface area contributed by atoms with Crippen molar-refractivity contribution in [3.8, 4) is 28.5 Å². The number of pyridine rings is 1. The molecule has 0 spiro atoms. The second kappa shape index (κ2) is 10.00. The molecule has 1 aromatic heterocycles. The highest BCUT2D eigenvalue weighted by Gasteiger charge is 2.38. The molecule has 1 N–H and O–H groups in total. The molecule has 2 heterocycles. The minimum absolute atomic E-state index is 0.00633. The third-order valence-electron chi connectivity index (χ3n) is 6.36. The second-order valence-electron chi connectivity index (χ2n) is 10.6. The number of hydrogen-bond donors (Lipinski definition) is 1. The Morgan fingerprint density at radius 1 is 1.00 bits per heavy atom. The van der Waals surface area contributed by atoms with Gasteiger partial charge in [-0.05, 0) is 82.9 Å². The van der Waals surface area contributed by atoms with E-state index in [-0.39, 0.29) is 16.9 Å². The molecule has 4 rings (SSSR count). The van der Waals surface area contributed by atoms with Crippen LogP contribution in [-0.4, -0.2) is 29.0 Å². The number of carbonyl (C=O) groups is 1. The first-order chi connectivity index (χ1) is 16.6. The lowest BCUT2D eigenvalue weighted by atomic mass is 9.74. The number of aromatic nitrogens is 1. The molecule has 1 aliphatic heterocycles. The number of piperidine rings is 1. The van der Waals surface area contributed by atoms with Gasteiger partial charge in [-0.2, -0.15) is 0 Å². The molecule has 184 valence electrons. The molecule has 0 saturated carbocycles. The fourth-order valence-electron chi connectivity index (χ4n) is 5.47. The van der Waals surface area contributed by atoms with Gasteiger partial charge in [0, 0.05) is 40.4 Å². The number of carbonyl (C=O) groups excluding carboxylic acids is 1. The van der Waals surface area contributed by atoms with Crippen molar-refractivity contribution < 1.29 is 14.3 Å². The Morgan fingerprint density at radius 3 is 2.37 bits per heavy atom. The Bertz CT molecular complexity index is 1210. The highest BCUT2D eigenvalue weighted by Crippen LogP contribution is 2.40. The number of hydrogen-bond acceptors (Lipinski definition) is 5. The van der Waals surface area contributed by atoms with E-state index in [4.69, 9.17) is 21.1 Å². The van der Waals surface area contributed by atoms with Gasteiger partial charge < -0.3 is 14.8 Å². The number of nitrogens with one attached hydrogen (secondary N) is 1. The topological polar surface area (TPSA) is 60.5 Å². The van der Waals surface area contributed by atoms with E-state index in [1.54, 1.807) is 31.5 Å². The molecule has 5 nitrogen and oxygen atoms in total. The zero-order valence-corrected chi connectivity index (χ0v) is 21.8. The highest BCUT2D eigenvalue weighted by molar-refractivity contribution is 6.32. The zero-order chi connectivity index (χ0) is 25.2. The molecule has 35 heavy (non-hydrogen) atoms. The molecule has 0 aliphatic carbocycles. The largest absolute Gasteiger partial charge is 0.481 e. The number of rotatable bonds is 7. The van der Waals surface area contributed by atoms with Crippen LogP contribution in [-0.2, 0) is 0 Å². The quantitative estimate of drug-likeness (QED) is 0.350. The summed E-state index contributed by atoms with van der Waals surface area (Å²) in [7, 11) is 1.59. The Kier molecular flexibility index (Phi) is 7.20. The summed E-state index contributed by atoms with van der Waals surface area (Å²) in [6, 6.07) is 16.7. The maximum atomic E-state index is 13.1. The lowest BCUT2D eigenvalue weighted by Gasteiger charge is -2.46. The zero-order valence-electron chi connectivity index (χ0n) is 21.0. The van der Waals surface area contributed by atoms with Gasteiger partial charge in [0.15, 0.2) is 5.78 Å². The van der Waals surface area contributed by atoms with Gasteiger partial charge in [0.25, 0.3) is 0 Å². The molecule has 0 atom stereocenters. The number of Topliss-reactive ketones (excluding diaryl/α,β-unsaturated/α-hetero) is 1. The van der Waals surface area contributed by atoms with Crippen molar-refractivity contribution in [1.82, 2.24) is 10.3 Å². The molecule has 1 aliphatic rings. The monoisotopic (exact) mass is 492 g/mol. The van der Waals surface area contributed by atoms with E-state index in [0.717, 1.165) is 24.0 Å². The van der Waals surface area contributed by atoms with Gasteiger partial charge in [0.1, 0.15) is 11.5 Å². The van der Waals surface area contributed by atoms with Crippen LogP contribution in [0.4, 0.5) is 0 Å². The molecule has 6 heteroatoms. The van der Waals surface area contributed by atoms with Gasteiger partial charge in [0.2, 0.25) is 5.88 Å². The molecule has 0 unspecified atom stereocenters. The minimum atomic E-state index is 0.00633. The standard InChI is InChI=1S/C29H33ClN2O3/c1-28(2)17-19(18-29(3,4)32-28)15-24(33)20-12-13-26(23(30)16-20)35-25-11-7-6-9-21(25)22-10-8-14-31-27(22)34-5/h6-14,16,19,32H,15,17-18H2,1-5H3. The molecular formula is C29H33ClN2O3. The SMILES string of the molecule is COc1ncccc1-c1ccccc1Oc1ccc(C(=O)CC2CC(C)(C)NC(C)(C)C2)cc1Cl. The van der Waals surface area contributed by atoms with Crippen LogP contribution in [0.25, 0.3) is 11.1 Å². The summed E-state index contributed by atoms with van der Waals surface area (Å²) in [5.74, 6) is 2.06. The van der Waals surface area contributed by atoms with Gasteiger partial charge in [0.05, 0.1) is 12.1 Å². The fourth-order valence-corrected chi connectivity index (χ4v) is 5.69. The van der Waals surface area contributed by atoms with Crippen LogP contribution in [0.3, 0.4) is 0 Å². The van der Waals surface area contributed by atoms with Gasteiger partial charge >= 0.3 is 0 Å². The smallest absolute Gasteiger partial charge is 0.221 e. The Labute approximate surface area is 212 Å². The Balaban J connectivity index is 1.53. The lowest BCUT2D eigenvalue weighted by molar-refractivity contribution is 0.0864. The number of methoxy groups -OCH3 is 1.